The number of primary amides is 1. The second-order valence-corrected chi connectivity index (χ2v) is 9.10. The van der Waals surface area contributed by atoms with Crippen molar-refractivity contribution in [3.8, 4) is 0 Å². The maximum atomic E-state index is 13.6. The normalized spacial score (nSPS) is 12.5. The van der Waals surface area contributed by atoms with Crippen LogP contribution in [-0.2, 0) is 27.6 Å². The van der Waals surface area contributed by atoms with Gasteiger partial charge < -0.3 is 11.1 Å². The van der Waals surface area contributed by atoms with Gasteiger partial charge in [-0.25, -0.2) is 0 Å². The third-order valence-electron chi connectivity index (χ3n) is 6.63. The maximum absolute atomic E-state index is 13.6. The molecule has 0 spiro atoms. The fourth-order valence-corrected chi connectivity index (χ4v) is 4.75. The van der Waals surface area contributed by atoms with Crippen molar-refractivity contribution in [2.45, 2.75) is 30.5 Å². The molecule has 0 aliphatic rings. The van der Waals surface area contributed by atoms with E-state index in [0.717, 1.165) is 28.8 Å². The highest BCUT2D eigenvalue weighted by atomic mass is 19.4. The van der Waals surface area contributed by atoms with E-state index in [4.69, 9.17) is 5.73 Å². The van der Waals surface area contributed by atoms with Crippen LogP contribution in [0.5, 0.6) is 0 Å². The summed E-state index contributed by atoms with van der Waals surface area (Å²) in [7, 11) is 0. The molecule has 0 aliphatic heterocycles. The average molecular weight is 517 g/mol. The highest BCUT2D eigenvalue weighted by Gasteiger charge is 2.39. The van der Waals surface area contributed by atoms with Crippen molar-refractivity contribution in [2.24, 2.45) is 5.73 Å². The number of nitrogens with two attached hydrogens (primary N) is 1. The lowest BCUT2D eigenvalue weighted by molar-refractivity contribution is -0.137. The third-order valence-corrected chi connectivity index (χ3v) is 6.63. The minimum Gasteiger partial charge on any atom is -0.368 e. The van der Waals surface area contributed by atoms with Gasteiger partial charge in [0.25, 0.3) is 0 Å². The molecule has 194 valence electrons. The summed E-state index contributed by atoms with van der Waals surface area (Å²) >= 11 is 0. The van der Waals surface area contributed by atoms with Gasteiger partial charge in [0.1, 0.15) is 6.04 Å². The predicted molar refractivity (Wildman–Crippen MR) is 140 cm³/mol. The maximum Gasteiger partial charge on any atom is 0.416 e. The number of benzene rings is 4. The molecule has 0 saturated heterocycles. The van der Waals surface area contributed by atoms with Gasteiger partial charge in [-0.3, -0.25) is 9.59 Å². The number of nitrogens with one attached hydrogen (secondary N) is 1. The number of carbonyl (C=O) groups is 2. The Hall–Kier alpha value is -4.39. The van der Waals surface area contributed by atoms with E-state index in [1.807, 2.05) is 91.0 Å². The summed E-state index contributed by atoms with van der Waals surface area (Å²) in [6, 6.07) is 32.3. The topological polar surface area (TPSA) is 72.2 Å². The first-order valence-electron chi connectivity index (χ1n) is 12.1. The monoisotopic (exact) mass is 516 g/mol. The number of amides is 2. The molecule has 4 aromatic carbocycles. The summed E-state index contributed by atoms with van der Waals surface area (Å²) in [6.07, 6.45) is -4.53. The van der Waals surface area contributed by atoms with Gasteiger partial charge in [0.2, 0.25) is 11.8 Å². The van der Waals surface area contributed by atoms with Crippen LogP contribution in [-0.4, -0.2) is 17.9 Å². The Kier molecular flexibility index (Phi) is 7.96. The van der Waals surface area contributed by atoms with E-state index in [1.54, 1.807) is 0 Å². The van der Waals surface area contributed by atoms with E-state index in [0.29, 0.717) is 5.56 Å². The number of hydrogen-bond acceptors (Lipinski definition) is 2. The van der Waals surface area contributed by atoms with Crippen LogP contribution < -0.4 is 11.1 Å². The van der Waals surface area contributed by atoms with E-state index in [2.05, 4.69) is 5.32 Å². The average Bonchev–Trinajstić information content (AvgIpc) is 2.92. The van der Waals surface area contributed by atoms with E-state index >= 15 is 0 Å². The van der Waals surface area contributed by atoms with Crippen LogP contribution in [0.1, 0.15) is 34.2 Å². The lowest BCUT2D eigenvalue weighted by Crippen LogP contribution is -2.48. The Balaban J connectivity index is 1.67. The molecule has 0 radical (unpaired) electrons. The molecule has 0 aliphatic carbocycles. The van der Waals surface area contributed by atoms with Crippen LogP contribution in [0.3, 0.4) is 0 Å². The van der Waals surface area contributed by atoms with E-state index in [-0.39, 0.29) is 12.8 Å². The summed E-state index contributed by atoms with van der Waals surface area (Å²) in [6.45, 7) is 0. The Bertz CT molecular complexity index is 1260. The van der Waals surface area contributed by atoms with Gasteiger partial charge >= 0.3 is 6.18 Å². The van der Waals surface area contributed by atoms with Crippen LogP contribution in [0.15, 0.2) is 115 Å². The van der Waals surface area contributed by atoms with Crippen molar-refractivity contribution in [1.82, 2.24) is 5.32 Å². The van der Waals surface area contributed by atoms with Gasteiger partial charge in [0, 0.05) is 12.8 Å². The van der Waals surface area contributed by atoms with Crippen LogP contribution >= 0.6 is 0 Å². The number of hydrogen-bond donors (Lipinski definition) is 2. The Morgan fingerprint density at radius 2 is 1.08 bits per heavy atom. The summed E-state index contributed by atoms with van der Waals surface area (Å²) in [5, 5.41) is 2.74. The van der Waals surface area contributed by atoms with Crippen molar-refractivity contribution in [3.05, 3.63) is 143 Å². The van der Waals surface area contributed by atoms with E-state index in [9.17, 15) is 22.8 Å². The second kappa shape index (κ2) is 11.3. The van der Waals surface area contributed by atoms with Crippen LogP contribution in [0.4, 0.5) is 13.2 Å². The third kappa shape index (κ3) is 5.94. The summed E-state index contributed by atoms with van der Waals surface area (Å²) in [4.78, 5) is 25.9. The van der Waals surface area contributed by atoms with Gasteiger partial charge in [0.05, 0.1) is 11.0 Å². The van der Waals surface area contributed by atoms with Crippen molar-refractivity contribution < 1.29 is 22.8 Å². The molecule has 4 rings (SSSR count). The molecular formula is C31H27F3N2O2. The number of carbonyl (C=O) groups excluding carboxylic acids is 2. The van der Waals surface area contributed by atoms with E-state index in [1.165, 1.54) is 12.1 Å². The van der Waals surface area contributed by atoms with Crippen molar-refractivity contribution in [3.63, 3.8) is 0 Å². The molecule has 4 nitrogen and oxygen atoms in total. The first-order valence-corrected chi connectivity index (χ1v) is 12.1. The molecule has 1 atom stereocenters. The minimum absolute atomic E-state index is 0.0260. The Morgan fingerprint density at radius 3 is 1.45 bits per heavy atom. The van der Waals surface area contributed by atoms with Crippen LogP contribution in [0, 0.1) is 0 Å². The summed E-state index contributed by atoms with van der Waals surface area (Å²) in [5.74, 6) is -1.19. The fourth-order valence-electron chi connectivity index (χ4n) is 4.75. The molecule has 38 heavy (non-hydrogen) atoms. The largest absolute Gasteiger partial charge is 0.416 e. The molecule has 0 fully saturated rings. The predicted octanol–water partition coefficient (Wildman–Crippen LogP) is 5.64. The quantitative estimate of drug-likeness (QED) is 0.283. The molecule has 0 aromatic heterocycles. The Labute approximate surface area is 219 Å². The summed E-state index contributed by atoms with van der Waals surface area (Å²) < 4.78 is 38.8. The van der Waals surface area contributed by atoms with Crippen LogP contribution in [0.25, 0.3) is 0 Å². The number of halogens is 3. The number of alkyl halides is 3. The molecule has 3 N–H and O–H groups in total. The minimum atomic E-state index is -4.47. The molecule has 2 amide bonds. The second-order valence-electron chi connectivity index (χ2n) is 9.10. The molecule has 0 unspecified atom stereocenters. The van der Waals surface area contributed by atoms with Crippen molar-refractivity contribution in [1.29, 1.82) is 0 Å². The summed E-state index contributed by atoms with van der Waals surface area (Å²) in [5.41, 5.74) is 7.06. The van der Waals surface area contributed by atoms with Gasteiger partial charge in [-0.15, -0.1) is 0 Å². The van der Waals surface area contributed by atoms with Crippen LogP contribution in [0.2, 0.25) is 0 Å². The van der Waals surface area contributed by atoms with Gasteiger partial charge in [-0.05, 0) is 34.4 Å². The fraction of sp³-hybridized carbons (Fsp3) is 0.161. The smallest absolute Gasteiger partial charge is 0.368 e. The molecule has 0 bridgehead atoms. The van der Waals surface area contributed by atoms with Gasteiger partial charge in [0.15, 0.2) is 0 Å². The van der Waals surface area contributed by atoms with Crippen molar-refractivity contribution >= 4 is 11.8 Å². The molecular weight excluding hydrogens is 489 g/mol. The zero-order valence-corrected chi connectivity index (χ0v) is 20.5. The highest BCUT2D eigenvalue weighted by Crippen LogP contribution is 2.42. The lowest BCUT2D eigenvalue weighted by atomic mass is 9.67. The zero-order chi connectivity index (χ0) is 27.2. The SMILES string of the molecule is NC(=O)[C@@H](Cc1ccc(C(F)(F)F)cc1)NC(=O)CC(c1ccccc1)(c1ccccc1)c1ccccc1. The van der Waals surface area contributed by atoms with Gasteiger partial charge in [-0.1, -0.05) is 103 Å². The zero-order valence-electron chi connectivity index (χ0n) is 20.5. The molecule has 7 heteroatoms. The van der Waals surface area contributed by atoms with Crippen molar-refractivity contribution in [2.75, 3.05) is 0 Å². The standard InChI is InChI=1S/C31H27F3N2O2/c32-31(33,34)26-18-16-22(17-19-26)20-27(29(35)38)36-28(37)21-30(23-10-4-1-5-11-23,24-12-6-2-7-13-24)25-14-8-3-9-15-25/h1-19,27H,20-21H2,(H2,35,38)(H,36,37)/t27-/m1/s1. The molecule has 4 aromatic rings. The molecule has 0 heterocycles. The first kappa shape index (κ1) is 26.7. The highest BCUT2D eigenvalue weighted by molar-refractivity contribution is 5.88. The van der Waals surface area contributed by atoms with E-state index < -0.39 is 35.0 Å². The first-order chi connectivity index (χ1) is 18.2. The Morgan fingerprint density at radius 1 is 0.658 bits per heavy atom. The number of rotatable bonds is 9. The van der Waals surface area contributed by atoms with Gasteiger partial charge in [-0.2, -0.15) is 13.2 Å². The molecule has 0 saturated carbocycles. The lowest BCUT2D eigenvalue weighted by Gasteiger charge is -2.36.